The Morgan fingerprint density at radius 2 is 2.07 bits per heavy atom. The summed E-state index contributed by atoms with van der Waals surface area (Å²) in [6.45, 7) is 1.96. The van der Waals surface area contributed by atoms with Crippen molar-refractivity contribution in [3.05, 3.63) is 57.0 Å². The Labute approximate surface area is 168 Å². The first-order valence-electron chi connectivity index (χ1n) is 10.0. The van der Waals surface area contributed by atoms with Crippen molar-refractivity contribution < 1.29 is 4.79 Å². The van der Waals surface area contributed by atoms with Crippen molar-refractivity contribution >= 4 is 28.0 Å². The van der Waals surface area contributed by atoms with Crippen LogP contribution < -0.4 is 5.56 Å². The summed E-state index contributed by atoms with van der Waals surface area (Å²) in [5.41, 5.74) is 1.57. The number of ketones is 1. The van der Waals surface area contributed by atoms with Gasteiger partial charge in [-0.15, -0.1) is 11.3 Å². The standard InChI is InChI=1S/C22H25N3O2S/c1-15-7-8-18-17(11-15)22(27)25(14-24-18)19(12-16-5-3-2-4-6-16)20(26)13-21-23-9-10-28-21/h7-11,14,16,19H,2-6,12-13H2,1H3. The molecule has 3 aromatic rings. The van der Waals surface area contributed by atoms with E-state index < -0.39 is 6.04 Å². The molecule has 0 bridgehead atoms. The van der Waals surface area contributed by atoms with E-state index in [1.807, 2.05) is 30.5 Å². The average Bonchev–Trinajstić information content (AvgIpc) is 3.21. The smallest absolute Gasteiger partial charge is 0.261 e. The molecule has 1 aromatic carbocycles. The Bertz CT molecular complexity index is 1020. The lowest BCUT2D eigenvalue weighted by molar-refractivity contribution is -0.122. The molecule has 2 heterocycles. The third-order valence-corrected chi connectivity index (χ3v) is 6.52. The van der Waals surface area contributed by atoms with Crippen LogP contribution in [0, 0.1) is 12.8 Å². The van der Waals surface area contributed by atoms with Crippen LogP contribution in [0.3, 0.4) is 0 Å². The monoisotopic (exact) mass is 395 g/mol. The third-order valence-electron chi connectivity index (χ3n) is 5.74. The number of carbonyl (C=O) groups is 1. The highest BCUT2D eigenvalue weighted by Crippen LogP contribution is 2.31. The molecule has 2 aromatic heterocycles. The van der Waals surface area contributed by atoms with Crippen LogP contribution in [0.5, 0.6) is 0 Å². The predicted octanol–water partition coefficient (Wildman–Crippen LogP) is 4.48. The minimum Gasteiger partial charge on any atom is -0.297 e. The molecule has 1 aliphatic rings. The van der Waals surface area contributed by atoms with Gasteiger partial charge in [0.15, 0.2) is 5.78 Å². The van der Waals surface area contributed by atoms with Crippen LogP contribution in [0.2, 0.25) is 0 Å². The first kappa shape index (κ1) is 19.0. The predicted molar refractivity (Wildman–Crippen MR) is 112 cm³/mol. The van der Waals surface area contributed by atoms with Gasteiger partial charge < -0.3 is 0 Å². The molecule has 6 heteroatoms. The molecule has 0 N–H and O–H groups in total. The second-order valence-electron chi connectivity index (χ2n) is 7.80. The van der Waals surface area contributed by atoms with Gasteiger partial charge in [-0.1, -0.05) is 43.7 Å². The van der Waals surface area contributed by atoms with Gasteiger partial charge in [-0.05, 0) is 31.4 Å². The molecule has 1 saturated carbocycles. The Kier molecular flexibility index (Phi) is 5.67. The molecule has 4 rings (SSSR count). The number of nitrogens with zero attached hydrogens (tertiary/aromatic N) is 3. The summed E-state index contributed by atoms with van der Waals surface area (Å²) in [7, 11) is 0. The highest BCUT2D eigenvalue weighted by molar-refractivity contribution is 7.09. The maximum absolute atomic E-state index is 13.2. The van der Waals surface area contributed by atoms with Crippen LogP contribution >= 0.6 is 11.3 Å². The zero-order valence-electron chi connectivity index (χ0n) is 16.1. The number of carbonyl (C=O) groups excluding carboxylic acids is 1. The number of aromatic nitrogens is 3. The molecule has 28 heavy (non-hydrogen) atoms. The summed E-state index contributed by atoms with van der Waals surface area (Å²) < 4.78 is 1.58. The van der Waals surface area contributed by atoms with E-state index in [1.54, 1.807) is 17.1 Å². The van der Waals surface area contributed by atoms with Gasteiger partial charge in [-0.3, -0.25) is 14.2 Å². The number of benzene rings is 1. The van der Waals surface area contributed by atoms with Gasteiger partial charge in [0.1, 0.15) is 0 Å². The third kappa shape index (κ3) is 4.07. The molecule has 0 amide bonds. The molecule has 1 unspecified atom stereocenters. The normalized spacial score (nSPS) is 16.3. The van der Waals surface area contributed by atoms with Crippen molar-refractivity contribution in [1.82, 2.24) is 14.5 Å². The summed E-state index contributed by atoms with van der Waals surface area (Å²) in [5.74, 6) is 0.538. The van der Waals surface area contributed by atoms with Crippen LogP contribution in [0.1, 0.15) is 55.1 Å². The fourth-order valence-electron chi connectivity index (χ4n) is 4.22. The number of Topliss-reactive ketones (excluding diaryl/α,β-unsaturated/α-hetero) is 1. The van der Waals surface area contributed by atoms with Crippen LogP contribution in [0.4, 0.5) is 0 Å². The number of fused-ring (bicyclic) bond motifs is 1. The van der Waals surface area contributed by atoms with E-state index in [9.17, 15) is 9.59 Å². The number of thiazole rings is 1. The first-order chi connectivity index (χ1) is 13.6. The molecular formula is C22H25N3O2S. The SMILES string of the molecule is Cc1ccc2ncn(C(CC3CCCCC3)C(=O)Cc3nccs3)c(=O)c2c1. The van der Waals surface area contributed by atoms with E-state index in [2.05, 4.69) is 9.97 Å². The fourth-order valence-corrected chi connectivity index (χ4v) is 4.84. The Morgan fingerprint density at radius 3 is 2.82 bits per heavy atom. The van der Waals surface area contributed by atoms with Gasteiger partial charge >= 0.3 is 0 Å². The molecule has 0 aliphatic heterocycles. The number of aryl methyl sites for hydroxylation is 1. The average molecular weight is 396 g/mol. The van der Waals surface area contributed by atoms with Gasteiger partial charge in [-0.25, -0.2) is 9.97 Å². The summed E-state index contributed by atoms with van der Waals surface area (Å²) >= 11 is 1.48. The molecule has 0 spiro atoms. The molecular weight excluding hydrogens is 370 g/mol. The summed E-state index contributed by atoms with van der Waals surface area (Å²) in [6.07, 6.45) is 10.2. The van der Waals surface area contributed by atoms with Crippen molar-refractivity contribution in [3.8, 4) is 0 Å². The van der Waals surface area contributed by atoms with Gasteiger partial charge in [0, 0.05) is 11.6 Å². The Morgan fingerprint density at radius 1 is 1.25 bits per heavy atom. The van der Waals surface area contributed by atoms with Gasteiger partial charge in [0.2, 0.25) is 0 Å². The van der Waals surface area contributed by atoms with E-state index in [1.165, 1.54) is 30.6 Å². The van der Waals surface area contributed by atoms with Crippen molar-refractivity contribution in [1.29, 1.82) is 0 Å². The maximum atomic E-state index is 13.2. The molecule has 0 saturated heterocycles. The lowest BCUT2D eigenvalue weighted by Crippen LogP contribution is -2.33. The largest absolute Gasteiger partial charge is 0.297 e. The fraction of sp³-hybridized carbons (Fsp3) is 0.455. The number of hydrogen-bond acceptors (Lipinski definition) is 5. The molecule has 146 valence electrons. The van der Waals surface area contributed by atoms with Crippen molar-refractivity contribution in [2.75, 3.05) is 0 Å². The highest BCUT2D eigenvalue weighted by Gasteiger charge is 2.27. The zero-order valence-corrected chi connectivity index (χ0v) is 17.0. The van der Waals surface area contributed by atoms with E-state index >= 15 is 0 Å². The summed E-state index contributed by atoms with van der Waals surface area (Å²) in [6, 6.07) is 5.21. The van der Waals surface area contributed by atoms with Crippen LogP contribution in [-0.2, 0) is 11.2 Å². The van der Waals surface area contributed by atoms with Crippen LogP contribution in [0.15, 0.2) is 40.9 Å². The Balaban J connectivity index is 1.71. The van der Waals surface area contributed by atoms with Gasteiger partial charge in [-0.2, -0.15) is 0 Å². The molecule has 0 radical (unpaired) electrons. The van der Waals surface area contributed by atoms with Gasteiger partial charge in [0.25, 0.3) is 5.56 Å². The van der Waals surface area contributed by atoms with Crippen LogP contribution in [0.25, 0.3) is 10.9 Å². The second-order valence-corrected chi connectivity index (χ2v) is 8.78. The number of rotatable bonds is 6. The minimum absolute atomic E-state index is 0.0522. The summed E-state index contributed by atoms with van der Waals surface area (Å²) in [4.78, 5) is 35.2. The topological polar surface area (TPSA) is 64.8 Å². The highest BCUT2D eigenvalue weighted by atomic mass is 32.1. The maximum Gasteiger partial charge on any atom is 0.261 e. The molecule has 5 nitrogen and oxygen atoms in total. The van der Waals surface area contributed by atoms with E-state index in [0.29, 0.717) is 23.2 Å². The molecule has 1 atom stereocenters. The lowest BCUT2D eigenvalue weighted by atomic mass is 9.83. The zero-order chi connectivity index (χ0) is 19.5. The van der Waals surface area contributed by atoms with Gasteiger partial charge in [0.05, 0.1) is 34.7 Å². The van der Waals surface area contributed by atoms with Crippen molar-refractivity contribution in [2.45, 2.75) is 57.9 Å². The van der Waals surface area contributed by atoms with Crippen molar-refractivity contribution in [2.24, 2.45) is 5.92 Å². The second kappa shape index (κ2) is 8.35. The number of hydrogen-bond donors (Lipinski definition) is 0. The van der Waals surface area contributed by atoms with Crippen LogP contribution in [-0.4, -0.2) is 20.3 Å². The van der Waals surface area contributed by atoms with Crippen molar-refractivity contribution in [3.63, 3.8) is 0 Å². The first-order valence-corrected chi connectivity index (χ1v) is 10.9. The lowest BCUT2D eigenvalue weighted by Gasteiger charge is -2.27. The van der Waals surface area contributed by atoms with E-state index in [4.69, 9.17) is 0 Å². The molecule has 1 fully saturated rings. The minimum atomic E-state index is -0.475. The quantitative estimate of drug-likeness (QED) is 0.617. The molecule has 1 aliphatic carbocycles. The Hall–Kier alpha value is -2.34. The van der Waals surface area contributed by atoms with E-state index in [0.717, 1.165) is 23.4 Å². The van der Waals surface area contributed by atoms with E-state index in [-0.39, 0.29) is 17.8 Å². The summed E-state index contributed by atoms with van der Waals surface area (Å²) in [5, 5.41) is 3.26.